The number of β-amino-alcohol motifs (C(OH)–C–C–N with tert-alkyl or cyclic N) is 1. The van der Waals surface area contributed by atoms with Crippen molar-refractivity contribution in [3.05, 3.63) is 54.1 Å². The normalized spacial score (nSPS) is 18.5. The summed E-state index contributed by atoms with van der Waals surface area (Å²) in [5.74, 6) is 0.930. The minimum atomic E-state index is -0.178. The standard InChI is InChI=1S/C19H23NO2/c1-2-22-19-10-6-5-9-18(19)17-8-4-3-7-15(17)13-20-12-11-16(21)14-20/h3-10,16,21H,2,11-14H2,1H3. The highest BCUT2D eigenvalue weighted by Crippen LogP contribution is 2.33. The van der Waals surface area contributed by atoms with E-state index in [1.54, 1.807) is 0 Å². The number of aliphatic hydroxyl groups is 1. The second-order valence-corrected chi connectivity index (χ2v) is 5.76. The van der Waals surface area contributed by atoms with Crippen LogP contribution in [0.3, 0.4) is 0 Å². The quantitative estimate of drug-likeness (QED) is 0.919. The molecule has 0 radical (unpaired) electrons. The Morgan fingerprint density at radius 3 is 2.55 bits per heavy atom. The van der Waals surface area contributed by atoms with Gasteiger partial charge in [-0.1, -0.05) is 42.5 Å². The molecule has 3 rings (SSSR count). The van der Waals surface area contributed by atoms with E-state index in [4.69, 9.17) is 4.74 Å². The van der Waals surface area contributed by atoms with Crippen LogP contribution in [-0.4, -0.2) is 35.8 Å². The lowest BCUT2D eigenvalue weighted by molar-refractivity contribution is 0.175. The molecule has 3 nitrogen and oxygen atoms in total. The number of benzene rings is 2. The third-order valence-electron chi connectivity index (χ3n) is 4.14. The molecule has 22 heavy (non-hydrogen) atoms. The Balaban J connectivity index is 1.91. The molecule has 1 heterocycles. The Morgan fingerprint density at radius 1 is 1.09 bits per heavy atom. The molecule has 1 N–H and O–H groups in total. The summed E-state index contributed by atoms with van der Waals surface area (Å²) in [7, 11) is 0. The largest absolute Gasteiger partial charge is 0.493 e. The molecule has 1 saturated heterocycles. The molecular weight excluding hydrogens is 274 g/mol. The van der Waals surface area contributed by atoms with Crippen molar-refractivity contribution in [2.24, 2.45) is 0 Å². The van der Waals surface area contributed by atoms with Crippen LogP contribution < -0.4 is 4.74 Å². The van der Waals surface area contributed by atoms with Crippen molar-refractivity contribution in [2.75, 3.05) is 19.7 Å². The third-order valence-corrected chi connectivity index (χ3v) is 4.14. The Hall–Kier alpha value is -1.84. The van der Waals surface area contributed by atoms with Gasteiger partial charge in [0, 0.05) is 25.2 Å². The molecule has 0 saturated carbocycles. The van der Waals surface area contributed by atoms with Crippen molar-refractivity contribution in [3.63, 3.8) is 0 Å². The van der Waals surface area contributed by atoms with Crippen LogP contribution in [0.2, 0.25) is 0 Å². The summed E-state index contributed by atoms with van der Waals surface area (Å²) in [5, 5.41) is 9.72. The summed E-state index contributed by atoms with van der Waals surface area (Å²) in [6.07, 6.45) is 0.695. The molecule has 0 amide bonds. The van der Waals surface area contributed by atoms with Gasteiger partial charge in [0.15, 0.2) is 0 Å². The van der Waals surface area contributed by atoms with Crippen molar-refractivity contribution in [3.8, 4) is 16.9 Å². The Morgan fingerprint density at radius 2 is 1.82 bits per heavy atom. The highest BCUT2D eigenvalue weighted by atomic mass is 16.5. The van der Waals surface area contributed by atoms with Gasteiger partial charge < -0.3 is 9.84 Å². The van der Waals surface area contributed by atoms with Gasteiger partial charge in [-0.25, -0.2) is 0 Å². The molecular formula is C19H23NO2. The van der Waals surface area contributed by atoms with Gasteiger partial charge in [-0.15, -0.1) is 0 Å². The zero-order chi connectivity index (χ0) is 15.4. The van der Waals surface area contributed by atoms with Crippen molar-refractivity contribution in [1.82, 2.24) is 4.90 Å². The van der Waals surface area contributed by atoms with Crippen molar-refractivity contribution >= 4 is 0 Å². The zero-order valence-corrected chi connectivity index (χ0v) is 13.0. The van der Waals surface area contributed by atoms with Crippen LogP contribution in [0.25, 0.3) is 11.1 Å². The van der Waals surface area contributed by atoms with Gasteiger partial charge in [0.1, 0.15) is 5.75 Å². The van der Waals surface area contributed by atoms with E-state index < -0.39 is 0 Å². The Labute approximate surface area is 132 Å². The maximum atomic E-state index is 9.72. The molecule has 1 atom stereocenters. The lowest BCUT2D eigenvalue weighted by atomic mass is 9.98. The van der Waals surface area contributed by atoms with E-state index in [1.807, 2.05) is 25.1 Å². The minimum Gasteiger partial charge on any atom is -0.493 e. The van der Waals surface area contributed by atoms with Crippen LogP contribution in [0.1, 0.15) is 18.9 Å². The molecule has 1 fully saturated rings. The van der Waals surface area contributed by atoms with Crippen LogP contribution >= 0.6 is 0 Å². The summed E-state index contributed by atoms with van der Waals surface area (Å²) in [6, 6.07) is 16.7. The van der Waals surface area contributed by atoms with Crippen molar-refractivity contribution < 1.29 is 9.84 Å². The molecule has 0 aromatic heterocycles. The van der Waals surface area contributed by atoms with E-state index >= 15 is 0 Å². The number of hydrogen-bond acceptors (Lipinski definition) is 3. The summed E-state index contributed by atoms with van der Waals surface area (Å²) >= 11 is 0. The number of para-hydroxylation sites is 1. The number of hydrogen-bond donors (Lipinski definition) is 1. The molecule has 1 unspecified atom stereocenters. The van der Waals surface area contributed by atoms with Gasteiger partial charge in [0.25, 0.3) is 0 Å². The second-order valence-electron chi connectivity index (χ2n) is 5.76. The zero-order valence-electron chi connectivity index (χ0n) is 13.0. The van der Waals surface area contributed by atoms with Crippen LogP contribution in [0.5, 0.6) is 5.75 Å². The lowest BCUT2D eigenvalue weighted by Crippen LogP contribution is -2.21. The third kappa shape index (κ3) is 3.32. The SMILES string of the molecule is CCOc1ccccc1-c1ccccc1CN1CCC(O)C1. The average Bonchev–Trinajstić information content (AvgIpc) is 2.94. The van der Waals surface area contributed by atoms with Crippen LogP contribution in [0.15, 0.2) is 48.5 Å². The van der Waals surface area contributed by atoms with Gasteiger partial charge >= 0.3 is 0 Å². The average molecular weight is 297 g/mol. The first-order valence-corrected chi connectivity index (χ1v) is 7.98. The maximum absolute atomic E-state index is 9.72. The fraction of sp³-hybridized carbons (Fsp3) is 0.368. The lowest BCUT2D eigenvalue weighted by Gasteiger charge is -2.19. The van der Waals surface area contributed by atoms with E-state index in [-0.39, 0.29) is 6.10 Å². The Bertz CT molecular complexity index is 626. The molecule has 1 aliphatic heterocycles. The van der Waals surface area contributed by atoms with Crippen molar-refractivity contribution in [1.29, 1.82) is 0 Å². The van der Waals surface area contributed by atoms with Gasteiger partial charge in [0.2, 0.25) is 0 Å². The second kappa shape index (κ2) is 6.95. The number of aliphatic hydroxyl groups excluding tert-OH is 1. The van der Waals surface area contributed by atoms with Crippen molar-refractivity contribution in [2.45, 2.75) is 26.0 Å². The Kier molecular flexibility index (Phi) is 4.76. The molecule has 0 bridgehead atoms. The van der Waals surface area contributed by atoms with E-state index in [0.717, 1.165) is 37.4 Å². The van der Waals surface area contributed by atoms with E-state index in [9.17, 15) is 5.11 Å². The predicted molar refractivity (Wildman–Crippen MR) is 88.9 cm³/mol. The fourth-order valence-corrected chi connectivity index (χ4v) is 3.09. The summed E-state index contributed by atoms with van der Waals surface area (Å²) < 4.78 is 5.78. The molecule has 0 spiro atoms. The van der Waals surface area contributed by atoms with E-state index in [0.29, 0.717) is 6.61 Å². The predicted octanol–water partition coefficient (Wildman–Crippen LogP) is 3.32. The molecule has 2 aromatic carbocycles. The smallest absolute Gasteiger partial charge is 0.127 e. The number of rotatable bonds is 5. The van der Waals surface area contributed by atoms with Gasteiger partial charge in [-0.05, 0) is 30.5 Å². The van der Waals surface area contributed by atoms with E-state index in [2.05, 4.69) is 35.2 Å². The fourth-order valence-electron chi connectivity index (χ4n) is 3.09. The van der Waals surface area contributed by atoms with Gasteiger partial charge in [-0.3, -0.25) is 4.90 Å². The first-order valence-electron chi connectivity index (χ1n) is 7.98. The van der Waals surface area contributed by atoms with Gasteiger partial charge in [-0.2, -0.15) is 0 Å². The number of ether oxygens (including phenoxy) is 1. The maximum Gasteiger partial charge on any atom is 0.127 e. The topological polar surface area (TPSA) is 32.7 Å². The molecule has 2 aromatic rings. The van der Waals surface area contributed by atoms with Crippen LogP contribution in [-0.2, 0) is 6.54 Å². The monoisotopic (exact) mass is 297 g/mol. The molecule has 3 heteroatoms. The first kappa shape index (κ1) is 15.1. The summed E-state index contributed by atoms with van der Waals surface area (Å²) in [4.78, 5) is 2.31. The number of nitrogens with zero attached hydrogens (tertiary/aromatic N) is 1. The first-order chi connectivity index (χ1) is 10.8. The van der Waals surface area contributed by atoms with E-state index in [1.165, 1.54) is 11.1 Å². The number of likely N-dealkylation sites (tertiary alicyclic amines) is 1. The van der Waals surface area contributed by atoms with Crippen LogP contribution in [0.4, 0.5) is 0 Å². The summed E-state index contributed by atoms with van der Waals surface area (Å²) in [5.41, 5.74) is 3.64. The van der Waals surface area contributed by atoms with Crippen LogP contribution in [0, 0.1) is 0 Å². The summed E-state index contributed by atoms with van der Waals surface area (Å²) in [6.45, 7) is 5.27. The van der Waals surface area contributed by atoms with Gasteiger partial charge in [0.05, 0.1) is 12.7 Å². The molecule has 1 aliphatic rings. The molecule has 116 valence electrons. The molecule has 0 aliphatic carbocycles. The highest BCUT2D eigenvalue weighted by Gasteiger charge is 2.21. The highest BCUT2D eigenvalue weighted by molar-refractivity contribution is 5.73. The minimum absolute atomic E-state index is 0.178.